The molecule has 668 valence electrons. The molecule has 5 aromatic rings. The number of aryl methyl sites for hydroxylation is 2. The number of unbranched alkanes of at least 4 members (excludes halogenated alkanes) is 3. The smallest absolute Gasteiger partial charge is 0.386 e. The van der Waals surface area contributed by atoms with Gasteiger partial charge in [-0.2, -0.15) is 8.62 Å². The lowest BCUT2D eigenvalue weighted by molar-refractivity contribution is -0.137. The van der Waals surface area contributed by atoms with Gasteiger partial charge in [0.15, 0.2) is 35.4 Å². The molecule has 0 saturated carbocycles. The first-order valence-electron chi connectivity index (χ1n) is 37.0. The average molecular weight is 1810 g/mol. The van der Waals surface area contributed by atoms with Gasteiger partial charge in [-0.1, -0.05) is 98.9 Å². The predicted molar refractivity (Wildman–Crippen MR) is 412 cm³/mol. The van der Waals surface area contributed by atoms with Crippen LogP contribution in [0.1, 0.15) is 150 Å². The van der Waals surface area contributed by atoms with E-state index in [9.17, 15) is 116 Å². The number of hydrogen-bond acceptors (Lipinski definition) is 34. The first kappa shape index (κ1) is 99.7. The summed E-state index contributed by atoms with van der Waals surface area (Å²) in [5, 5.41) is 53.6. The summed E-state index contributed by atoms with van der Waals surface area (Å²) in [4.78, 5) is 181. The fourth-order valence-corrected chi connectivity index (χ4v) is 18.1. The number of rotatable bonds is 51. The normalized spacial score (nSPS) is 21.5. The number of aromatic nitrogens is 8. The number of nitrogens with zero attached hydrogens (tertiary/aromatic N) is 8. The second-order valence-corrected chi connectivity index (χ2v) is 39.3. The lowest BCUT2D eigenvalue weighted by atomic mass is 9.81. The molecule has 0 radical (unpaired) electrons. The van der Waals surface area contributed by atoms with Gasteiger partial charge in [-0.15, -0.1) is 0 Å². The molecule has 4 amide bonds. The van der Waals surface area contributed by atoms with Crippen molar-refractivity contribution in [3.8, 4) is 0 Å². The van der Waals surface area contributed by atoms with Gasteiger partial charge in [0.25, 0.3) is 0 Å². The van der Waals surface area contributed by atoms with Crippen LogP contribution in [0.5, 0.6) is 0 Å². The van der Waals surface area contributed by atoms with Crippen LogP contribution in [0.3, 0.4) is 0 Å². The van der Waals surface area contributed by atoms with Crippen molar-refractivity contribution in [1.82, 2.24) is 60.3 Å². The number of Topliss-reactive ketones (excluding diaryl/α,β-unsaturated/α-hetero) is 2. The third-order valence-electron chi connectivity index (χ3n) is 19.4. The fourth-order valence-electron chi connectivity index (χ4n) is 12.5. The van der Waals surface area contributed by atoms with Crippen LogP contribution < -0.4 is 32.7 Å². The molecule has 20 N–H and O–H groups in total. The number of ketones is 2. The van der Waals surface area contributed by atoms with Gasteiger partial charge in [0.1, 0.15) is 84.1 Å². The van der Waals surface area contributed by atoms with Gasteiger partial charge in [0, 0.05) is 73.5 Å². The molecule has 14 atom stereocenters. The maximum Gasteiger partial charge on any atom is 0.481 e. The van der Waals surface area contributed by atoms with E-state index in [1.54, 1.807) is 0 Å². The minimum absolute atomic E-state index is 0.00300. The molecule has 2 saturated heterocycles. The molecule has 4 aromatic heterocycles. The number of benzene rings is 1. The lowest BCUT2D eigenvalue weighted by Gasteiger charge is -2.30. The van der Waals surface area contributed by atoms with Gasteiger partial charge >= 0.3 is 46.9 Å². The molecule has 14 unspecified atom stereocenters. The minimum Gasteiger partial charge on any atom is -0.386 e. The number of nitrogens with one attached hydrogen (secondary N) is 4. The monoisotopic (exact) mass is 1810 g/mol. The minimum atomic E-state index is -5.65. The van der Waals surface area contributed by atoms with Gasteiger partial charge < -0.3 is 102 Å². The molecule has 2 fully saturated rings. The first-order chi connectivity index (χ1) is 55.1. The van der Waals surface area contributed by atoms with Crippen LogP contribution in [0, 0.1) is 21.7 Å². The van der Waals surface area contributed by atoms with Crippen molar-refractivity contribution >= 4 is 116 Å². The summed E-state index contributed by atoms with van der Waals surface area (Å²) in [7, 11) is -33.2. The predicted octanol–water partition coefficient (Wildman–Crippen LogP) is 2.31. The molecular weight excluding hydrogens is 1710 g/mol. The van der Waals surface area contributed by atoms with Gasteiger partial charge in [0.2, 0.25) is 23.6 Å². The second kappa shape index (κ2) is 41.9. The third-order valence-corrected chi connectivity index (χ3v) is 25.6. The zero-order chi connectivity index (χ0) is 88.7. The fraction of sp³-hybridized carbons (Fsp3) is 0.662. The van der Waals surface area contributed by atoms with Crippen LogP contribution >= 0.6 is 46.9 Å². The third kappa shape index (κ3) is 30.0. The number of hydrogen-bond donors (Lipinski definition) is 18. The summed E-state index contributed by atoms with van der Waals surface area (Å²) in [5.41, 5.74) is 9.30. The summed E-state index contributed by atoms with van der Waals surface area (Å²) in [5.74, 6) is -3.41. The summed E-state index contributed by atoms with van der Waals surface area (Å²) < 4.78 is 126. The first-order valence-corrected chi connectivity index (χ1v) is 46.1. The number of carbonyl (C=O) groups is 6. The van der Waals surface area contributed by atoms with Crippen LogP contribution in [0.4, 0.5) is 11.6 Å². The SMILES string of the molecule is CC(C)(CCCCCc1ccccc1CCCCC(C)(C)C(=O)CCNC(=O)CCNC(=O)C(O)C(C)(C)COP(=O)(O)OP(=O)(O)OCC1OC(n2cnc3c(N)ncnc32)C(O)C1OP(=O)(O)O)C(=O)CCNC(=O)CCNC(=O)C(O)C(C)(C)COP(=O)(O)OP(=O)(O)OCC1OC(n2cnc3c(N)ncnc32)C(O)C1OP(=O)(O)O. The molecule has 119 heavy (non-hydrogen) atoms. The Morgan fingerprint density at radius 1 is 0.487 bits per heavy atom. The molecule has 54 heteroatoms. The number of aliphatic hydroxyl groups is 4. The number of anilines is 2. The van der Waals surface area contributed by atoms with Crippen molar-refractivity contribution in [1.29, 1.82) is 0 Å². The second-order valence-electron chi connectivity index (χ2n) is 30.8. The Hall–Kier alpha value is -6.36. The molecule has 6 heterocycles. The van der Waals surface area contributed by atoms with Gasteiger partial charge in [-0.05, 0) is 49.7 Å². The highest BCUT2D eigenvalue weighted by Gasteiger charge is 2.53. The van der Waals surface area contributed by atoms with Crippen molar-refractivity contribution in [2.45, 2.75) is 200 Å². The summed E-state index contributed by atoms with van der Waals surface area (Å²) in [6, 6.07) is 8.09. The number of aliphatic hydroxyl groups excluding tert-OH is 4. The van der Waals surface area contributed by atoms with Crippen LogP contribution in [-0.4, -0.2) is 235 Å². The maximum atomic E-state index is 13.3. The Labute approximate surface area is 681 Å². The van der Waals surface area contributed by atoms with Gasteiger partial charge in [-0.3, -0.25) is 65.0 Å². The molecule has 0 aliphatic carbocycles. The Bertz CT molecular complexity index is 4660. The van der Waals surface area contributed by atoms with E-state index in [-0.39, 0.29) is 97.4 Å². The number of amides is 4. The van der Waals surface area contributed by atoms with Crippen molar-refractivity contribution < 1.29 is 161 Å². The molecule has 0 spiro atoms. The Kier molecular flexibility index (Phi) is 35.1. The summed E-state index contributed by atoms with van der Waals surface area (Å²) in [6.07, 6.45) is -7.81. The lowest BCUT2D eigenvalue weighted by Crippen LogP contribution is -2.46. The number of phosphoric ester groups is 6. The Morgan fingerprint density at radius 3 is 1.20 bits per heavy atom. The Morgan fingerprint density at radius 2 is 0.832 bits per heavy atom. The zero-order valence-corrected chi connectivity index (χ0v) is 71.4. The largest absolute Gasteiger partial charge is 0.481 e. The van der Waals surface area contributed by atoms with Gasteiger partial charge in [0.05, 0.1) is 39.1 Å². The Balaban J connectivity index is 0.710. The molecular formula is C65H104N14O34P6. The van der Waals surface area contributed by atoms with Crippen LogP contribution in [-0.2, 0) is 114 Å². The standard InChI is InChI=1S/C65H104N14O34P6/c1-62(2,42(80)20-26-68-44(82)22-28-70-58(88)52(86)64(5,6)32-106-118(100,101)112-116(96,97)104-30-40-50(110-114(90,91)92)48(84)60(108-40)78-36-76-46-54(66)72-34-74-56(46)78)24-14-9-10-16-38-17-11-12-18-39(38)19-13-15-25-63(3,4)43(81)21-27-69-45(83)23-29-71-59(89)53(87)65(7,8)33-107-119(102,103)113-117(98,99)105-31-41-51(111-115(93,94)95)49(85)61(109-41)79-37-77-47-55(67)73-35-75-57(47)79/h11-12,17-18,34-37,40-41,48-53,60-61,84-87H,9-10,13-16,19-33H2,1-8H3,(H,68,82)(H,69,83)(H,70,88)(H,71,89)(H,96,97)(H,98,99)(H,100,101)(H,102,103)(H2,66,72,74)(H2,67,73,75)(H2,90,91,92)(H2,93,94,95). The van der Waals surface area contributed by atoms with E-state index in [2.05, 4.69) is 81.0 Å². The number of phosphoric acid groups is 6. The number of ether oxygens (including phenoxy) is 2. The zero-order valence-electron chi connectivity index (χ0n) is 66.0. The molecule has 48 nitrogen and oxygen atoms in total. The van der Waals surface area contributed by atoms with E-state index in [0.29, 0.717) is 12.8 Å². The number of carbonyl (C=O) groups excluding carboxylic acids is 6. The van der Waals surface area contributed by atoms with Crippen LogP contribution in [0.2, 0.25) is 0 Å². The van der Waals surface area contributed by atoms with E-state index < -0.39 is 180 Å². The quantitative estimate of drug-likeness (QED) is 0.0196. The van der Waals surface area contributed by atoms with Crippen molar-refractivity contribution in [2.75, 3.05) is 64.1 Å². The highest BCUT2D eigenvalue weighted by atomic mass is 31.3. The highest BCUT2D eigenvalue weighted by molar-refractivity contribution is 7.61. The van der Waals surface area contributed by atoms with E-state index in [0.717, 1.165) is 79.4 Å². The molecule has 1 aromatic carbocycles. The molecule has 2 aliphatic heterocycles. The van der Waals surface area contributed by atoms with Crippen molar-refractivity contribution in [3.05, 3.63) is 60.7 Å². The number of fused-ring (bicyclic) bond motifs is 2. The van der Waals surface area contributed by atoms with E-state index in [1.807, 2.05) is 39.8 Å². The number of imidazole rings is 2. The van der Waals surface area contributed by atoms with E-state index in [4.69, 9.17) is 39.0 Å². The topological polar surface area (TPSA) is 727 Å². The summed E-state index contributed by atoms with van der Waals surface area (Å²) >= 11 is 0. The highest BCUT2D eigenvalue weighted by Crippen LogP contribution is 2.63. The number of nitrogen functional groups attached to an aromatic ring is 2. The van der Waals surface area contributed by atoms with Crippen LogP contribution in [0.25, 0.3) is 22.3 Å². The maximum absolute atomic E-state index is 13.3. The number of nitrogens with two attached hydrogens (primary N) is 2. The van der Waals surface area contributed by atoms with Crippen molar-refractivity contribution in [2.24, 2.45) is 21.7 Å². The van der Waals surface area contributed by atoms with Gasteiger partial charge in [-0.25, -0.2) is 57.3 Å². The average Bonchev–Trinajstić information content (AvgIpc) is 1.62. The van der Waals surface area contributed by atoms with E-state index >= 15 is 0 Å². The molecule has 0 bridgehead atoms. The summed E-state index contributed by atoms with van der Waals surface area (Å²) in [6.45, 7) is 7.46. The molecule has 7 rings (SSSR count). The molecule has 2 aliphatic rings. The van der Waals surface area contributed by atoms with E-state index in [1.165, 1.54) is 38.8 Å². The van der Waals surface area contributed by atoms with Crippen molar-refractivity contribution in [3.63, 3.8) is 0 Å². The van der Waals surface area contributed by atoms with Crippen LogP contribution in [0.15, 0.2) is 49.6 Å².